The SMILES string of the molecule is CCN(CC)C(=O)COc1ccc(Br)cc1. The highest BCUT2D eigenvalue weighted by molar-refractivity contribution is 9.10. The van der Waals surface area contributed by atoms with Gasteiger partial charge in [-0.1, -0.05) is 15.9 Å². The highest BCUT2D eigenvalue weighted by atomic mass is 79.9. The molecule has 0 aliphatic carbocycles. The fraction of sp³-hybridized carbons (Fsp3) is 0.417. The second kappa shape index (κ2) is 6.53. The zero-order valence-electron chi connectivity index (χ0n) is 9.57. The Hall–Kier alpha value is -1.03. The summed E-state index contributed by atoms with van der Waals surface area (Å²) in [6.45, 7) is 5.46. The first-order chi connectivity index (χ1) is 7.67. The first kappa shape index (κ1) is 13.0. The van der Waals surface area contributed by atoms with Gasteiger partial charge >= 0.3 is 0 Å². The molecule has 1 amide bonds. The van der Waals surface area contributed by atoms with Crippen molar-refractivity contribution in [3.05, 3.63) is 28.7 Å². The van der Waals surface area contributed by atoms with E-state index in [4.69, 9.17) is 4.74 Å². The van der Waals surface area contributed by atoms with E-state index in [2.05, 4.69) is 15.9 Å². The van der Waals surface area contributed by atoms with E-state index in [1.54, 1.807) is 4.90 Å². The van der Waals surface area contributed by atoms with Crippen molar-refractivity contribution in [1.29, 1.82) is 0 Å². The van der Waals surface area contributed by atoms with Crippen molar-refractivity contribution in [2.24, 2.45) is 0 Å². The van der Waals surface area contributed by atoms with Crippen molar-refractivity contribution >= 4 is 21.8 Å². The topological polar surface area (TPSA) is 29.5 Å². The van der Waals surface area contributed by atoms with E-state index in [0.717, 1.165) is 17.6 Å². The van der Waals surface area contributed by atoms with Crippen LogP contribution < -0.4 is 4.74 Å². The van der Waals surface area contributed by atoms with Crippen molar-refractivity contribution in [3.63, 3.8) is 0 Å². The van der Waals surface area contributed by atoms with Crippen LogP contribution in [0.2, 0.25) is 0 Å². The van der Waals surface area contributed by atoms with Gasteiger partial charge in [0.2, 0.25) is 0 Å². The molecule has 0 radical (unpaired) electrons. The van der Waals surface area contributed by atoms with E-state index < -0.39 is 0 Å². The molecule has 1 aromatic carbocycles. The molecule has 0 aliphatic heterocycles. The number of rotatable bonds is 5. The molecule has 0 fully saturated rings. The molecule has 0 spiro atoms. The van der Waals surface area contributed by atoms with Crippen LogP contribution in [0.5, 0.6) is 5.75 Å². The number of amides is 1. The number of hydrogen-bond acceptors (Lipinski definition) is 2. The van der Waals surface area contributed by atoms with Crippen LogP contribution in [0, 0.1) is 0 Å². The number of benzene rings is 1. The largest absolute Gasteiger partial charge is 0.484 e. The number of hydrogen-bond donors (Lipinski definition) is 0. The minimum Gasteiger partial charge on any atom is -0.484 e. The first-order valence-electron chi connectivity index (χ1n) is 5.33. The minimum absolute atomic E-state index is 0.0212. The Balaban J connectivity index is 2.45. The summed E-state index contributed by atoms with van der Waals surface area (Å²) < 4.78 is 6.39. The van der Waals surface area contributed by atoms with Crippen molar-refractivity contribution in [2.75, 3.05) is 19.7 Å². The highest BCUT2D eigenvalue weighted by Gasteiger charge is 2.09. The van der Waals surface area contributed by atoms with E-state index in [1.165, 1.54) is 0 Å². The van der Waals surface area contributed by atoms with E-state index in [0.29, 0.717) is 5.75 Å². The summed E-state index contributed by atoms with van der Waals surface area (Å²) in [4.78, 5) is 13.4. The van der Waals surface area contributed by atoms with Crippen molar-refractivity contribution in [2.45, 2.75) is 13.8 Å². The summed E-state index contributed by atoms with van der Waals surface area (Å²) >= 11 is 3.34. The smallest absolute Gasteiger partial charge is 0.260 e. The number of likely N-dealkylation sites (N-methyl/N-ethyl adjacent to an activating group) is 1. The molecule has 16 heavy (non-hydrogen) atoms. The fourth-order valence-corrected chi connectivity index (χ4v) is 1.61. The molecule has 0 saturated carbocycles. The summed E-state index contributed by atoms with van der Waals surface area (Å²) in [5, 5.41) is 0. The zero-order chi connectivity index (χ0) is 12.0. The molecule has 88 valence electrons. The lowest BCUT2D eigenvalue weighted by molar-refractivity contribution is -0.132. The summed E-state index contributed by atoms with van der Waals surface area (Å²) in [6, 6.07) is 7.44. The van der Waals surface area contributed by atoms with Crippen LogP contribution in [0.25, 0.3) is 0 Å². The lowest BCUT2D eigenvalue weighted by Gasteiger charge is -2.18. The molecular weight excluding hydrogens is 270 g/mol. The Morgan fingerprint density at radius 1 is 1.25 bits per heavy atom. The average molecular weight is 286 g/mol. The van der Waals surface area contributed by atoms with Gasteiger partial charge in [0.15, 0.2) is 6.61 Å². The third-order valence-electron chi connectivity index (χ3n) is 2.29. The average Bonchev–Trinajstić information content (AvgIpc) is 2.30. The standard InChI is InChI=1S/C12H16BrNO2/c1-3-14(4-2)12(15)9-16-11-7-5-10(13)6-8-11/h5-8H,3-4,9H2,1-2H3. The van der Waals surface area contributed by atoms with Crippen LogP contribution in [0.3, 0.4) is 0 Å². The molecule has 3 nitrogen and oxygen atoms in total. The molecule has 1 aromatic rings. The van der Waals surface area contributed by atoms with Gasteiger partial charge < -0.3 is 9.64 Å². The molecular formula is C12H16BrNO2. The van der Waals surface area contributed by atoms with Crippen LogP contribution in [-0.4, -0.2) is 30.5 Å². The van der Waals surface area contributed by atoms with Gasteiger partial charge in [-0.25, -0.2) is 0 Å². The number of carbonyl (C=O) groups is 1. The van der Waals surface area contributed by atoms with Gasteiger partial charge in [-0.3, -0.25) is 4.79 Å². The van der Waals surface area contributed by atoms with E-state index in [-0.39, 0.29) is 12.5 Å². The molecule has 0 unspecified atom stereocenters. The summed E-state index contributed by atoms with van der Waals surface area (Å²) in [5.74, 6) is 0.733. The fourth-order valence-electron chi connectivity index (χ4n) is 1.34. The van der Waals surface area contributed by atoms with Crippen molar-refractivity contribution < 1.29 is 9.53 Å². The predicted octanol–water partition coefficient (Wildman–Crippen LogP) is 2.70. The molecule has 0 aromatic heterocycles. The molecule has 1 rings (SSSR count). The van der Waals surface area contributed by atoms with Crippen LogP contribution in [-0.2, 0) is 4.79 Å². The van der Waals surface area contributed by atoms with Gasteiger partial charge in [0.05, 0.1) is 0 Å². The van der Waals surface area contributed by atoms with Gasteiger partial charge in [0.25, 0.3) is 5.91 Å². The number of nitrogens with zero attached hydrogens (tertiary/aromatic N) is 1. The first-order valence-corrected chi connectivity index (χ1v) is 6.12. The number of carbonyl (C=O) groups excluding carboxylic acids is 1. The quantitative estimate of drug-likeness (QED) is 0.833. The van der Waals surface area contributed by atoms with Crippen LogP contribution in [0.15, 0.2) is 28.7 Å². The molecule has 0 atom stereocenters. The Bertz CT molecular complexity index is 333. The summed E-state index contributed by atoms with van der Waals surface area (Å²) in [5.41, 5.74) is 0. The maximum absolute atomic E-state index is 11.6. The van der Waals surface area contributed by atoms with E-state index in [1.807, 2.05) is 38.1 Å². The molecule has 0 heterocycles. The number of ether oxygens (including phenoxy) is 1. The Kier molecular flexibility index (Phi) is 5.32. The van der Waals surface area contributed by atoms with Crippen molar-refractivity contribution in [3.8, 4) is 5.75 Å². The van der Waals surface area contributed by atoms with E-state index in [9.17, 15) is 4.79 Å². The van der Waals surface area contributed by atoms with Gasteiger partial charge in [0.1, 0.15) is 5.75 Å². The molecule has 0 aliphatic rings. The van der Waals surface area contributed by atoms with Crippen LogP contribution >= 0.6 is 15.9 Å². The Morgan fingerprint density at radius 2 is 1.81 bits per heavy atom. The van der Waals surface area contributed by atoms with Gasteiger partial charge in [-0.2, -0.15) is 0 Å². The maximum Gasteiger partial charge on any atom is 0.260 e. The predicted molar refractivity (Wildman–Crippen MR) is 67.6 cm³/mol. The van der Waals surface area contributed by atoms with Crippen LogP contribution in [0.1, 0.15) is 13.8 Å². The minimum atomic E-state index is 0.0212. The lowest BCUT2D eigenvalue weighted by atomic mass is 10.3. The van der Waals surface area contributed by atoms with Gasteiger partial charge in [-0.15, -0.1) is 0 Å². The van der Waals surface area contributed by atoms with Crippen molar-refractivity contribution in [1.82, 2.24) is 4.90 Å². The molecule has 0 bridgehead atoms. The normalized spacial score (nSPS) is 9.94. The Morgan fingerprint density at radius 3 is 2.31 bits per heavy atom. The maximum atomic E-state index is 11.6. The molecule has 0 N–H and O–H groups in total. The molecule has 0 saturated heterocycles. The third kappa shape index (κ3) is 3.85. The van der Waals surface area contributed by atoms with E-state index >= 15 is 0 Å². The lowest BCUT2D eigenvalue weighted by Crippen LogP contribution is -2.34. The third-order valence-corrected chi connectivity index (χ3v) is 2.82. The summed E-state index contributed by atoms with van der Waals surface area (Å²) in [6.07, 6.45) is 0. The summed E-state index contributed by atoms with van der Waals surface area (Å²) in [7, 11) is 0. The van der Waals surface area contributed by atoms with Gasteiger partial charge in [-0.05, 0) is 38.1 Å². The highest BCUT2D eigenvalue weighted by Crippen LogP contribution is 2.15. The van der Waals surface area contributed by atoms with Crippen LogP contribution in [0.4, 0.5) is 0 Å². The Labute approximate surface area is 105 Å². The number of halogens is 1. The zero-order valence-corrected chi connectivity index (χ0v) is 11.2. The van der Waals surface area contributed by atoms with Gasteiger partial charge in [0, 0.05) is 17.6 Å². The monoisotopic (exact) mass is 285 g/mol. The molecule has 4 heteroatoms. The second-order valence-corrected chi connectivity index (χ2v) is 4.22. The second-order valence-electron chi connectivity index (χ2n) is 3.31.